The Labute approximate surface area is 155 Å². The molecule has 0 N–H and O–H groups in total. The lowest BCUT2D eigenvalue weighted by molar-refractivity contribution is 0.0129. The first-order valence-corrected chi connectivity index (χ1v) is 9.20. The predicted molar refractivity (Wildman–Crippen MR) is 104 cm³/mol. The van der Waals surface area contributed by atoms with Crippen molar-refractivity contribution in [2.75, 3.05) is 54.1 Å². The van der Waals surface area contributed by atoms with Gasteiger partial charge in [-0.1, -0.05) is 29.8 Å². The van der Waals surface area contributed by atoms with E-state index in [1.54, 1.807) is 7.11 Å². The third-order valence-corrected chi connectivity index (χ3v) is 5.27. The topological polar surface area (TPSA) is 24.9 Å². The molecule has 0 saturated carbocycles. The lowest BCUT2D eigenvalue weighted by Gasteiger charge is -2.35. The number of hydrogen-bond acceptors (Lipinski definition) is 4. The molecule has 1 aliphatic rings. The highest BCUT2D eigenvalue weighted by molar-refractivity contribution is 6.37. The molecule has 1 heterocycles. The monoisotopic (exact) mass is 362 g/mol. The molecule has 1 fully saturated rings. The van der Waals surface area contributed by atoms with Crippen molar-refractivity contribution < 1.29 is 9.47 Å². The summed E-state index contributed by atoms with van der Waals surface area (Å²) in [4.78, 5) is 4.79. The minimum absolute atomic E-state index is 0.400. The fourth-order valence-electron chi connectivity index (χ4n) is 3.48. The summed E-state index contributed by atoms with van der Waals surface area (Å²) in [5.74, 6) is 0.722. The Balaban J connectivity index is 1.93. The fraction of sp³-hybridized carbons (Fsp3) is 0.500. The Morgan fingerprint density at radius 1 is 1.20 bits per heavy atom. The quantitative estimate of drug-likeness (QED) is 0.779. The van der Waals surface area contributed by atoms with Gasteiger partial charge in [0.05, 0.1) is 25.3 Å². The average molecular weight is 363 g/mol. The largest absolute Gasteiger partial charge is 0.495 e. The molecule has 3 rings (SSSR count). The summed E-state index contributed by atoms with van der Waals surface area (Å²) in [7, 11) is 5.91. The van der Waals surface area contributed by atoms with Crippen LogP contribution in [0.2, 0.25) is 5.02 Å². The Morgan fingerprint density at radius 3 is 2.64 bits per heavy atom. The molecule has 0 spiro atoms. The van der Waals surface area contributed by atoms with Gasteiger partial charge in [0.15, 0.2) is 0 Å². The van der Waals surface area contributed by atoms with Crippen molar-refractivity contribution in [3.8, 4) is 5.75 Å². The van der Waals surface area contributed by atoms with Crippen molar-refractivity contribution in [2.24, 2.45) is 0 Å². The third kappa shape index (κ3) is 4.26. The maximum absolute atomic E-state index is 6.47. The zero-order valence-electron chi connectivity index (χ0n) is 15.3. The van der Waals surface area contributed by atoms with Crippen LogP contribution in [-0.4, -0.2) is 63.9 Å². The van der Waals surface area contributed by atoms with Gasteiger partial charge in [-0.2, -0.15) is 0 Å². The van der Waals surface area contributed by atoms with E-state index >= 15 is 0 Å². The van der Waals surface area contributed by atoms with Gasteiger partial charge in [-0.3, -0.25) is 4.90 Å². The highest BCUT2D eigenvalue weighted by Gasteiger charge is 2.23. The van der Waals surface area contributed by atoms with Gasteiger partial charge in [-0.15, -0.1) is 0 Å². The zero-order chi connectivity index (χ0) is 17.8. The van der Waals surface area contributed by atoms with E-state index in [9.17, 15) is 0 Å². The number of rotatable bonds is 6. The summed E-state index contributed by atoms with van der Waals surface area (Å²) < 4.78 is 10.9. The summed E-state index contributed by atoms with van der Waals surface area (Å²) in [5.41, 5.74) is 1.34. The van der Waals surface area contributed by atoms with Crippen molar-refractivity contribution in [2.45, 2.75) is 12.5 Å². The van der Waals surface area contributed by atoms with Crippen LogP contribution < -0.4 is 4.74 Å². The van der Waals surface area contributed by atoms with Gasteiger partial charge in [0.1, 0.15) is 5.75 Å². The smallest absolute Gasteiger partial charge is 0.138 e. The van der Waals surface area contributed by atoms with E-state index in [0.29, 0.717) is 11.1 Å². The molecule has 1 saturated heterocycles. The number of ether oxygens (including phenoxy) is 2. The van der Waals surface area contributed by atoms with E-state index in [1.807, 2.05) is 6.07 Å². The molecule has 5 heteroatoms. The molecule has 0 aliphatic carbocycles. The maximum Gasteiger partial charge on any atom is 0.138 e. The van der Waals surface area contributed by atoms with Crippen molar-refractivity contribution >= 4 is 22.4 Å². The first-order chi connectivity index (χ1) is 12.1. The number of nitrogens with zero attached hydrogens (tertiary/aromatic N) is 2. The summed E-state index contributed by atoms with van der Waals surface area (Å²) in [6.07, 6.45) is 1.10. The number of fused-ring (bicyclic) bond motifs is 1. The van der Waals surface area contributed by atoms with Crippen LogP contribution in [0.4, 0.5) is 0 Å². The van der Waals surface area contributed by atoms with E-state index < -0.39 is 0 Å². The van der Waals surface area contributed by atoms with Gasteiger partial charge in [-0.05, 0) is 50.1 Å². The number of morpholine rings is 1. The molecule has 1 unspecified atom stereocenters. The molecule has 4 nitrogen and oxygen atoms in total. The van der Waals surface area contributed by atoms with Crippen LogP contribution >= 0.6 is 11.6 Å². The van der Waals surface area contributed by atoms with Crippen LogP contribution in [0, 0.1) is 0 Å². The summed E-state index contributed by atoms with van der Waals surface area (Å²) in [6, 6.07) is 11.0. The van der Waals surface area contributed by atoms with Crippen LogP contribution in [0.3, 0.4) is 0 Å². The summed E-state index contributed by atoms with van der Waals surface area (Å²) in [6.45, 7) is 4.66. The van der Waals surface area contributed by atoms with Gasteiger partial charge in [-0.25, -0.2) is 0 Å². The molecule has 0 amide bonds. The van der Waals surface area contributed by atoms with Crippen molar-refractivity contribution in [3.05, 3.63) is 40.9 Å². The molecule has 136 valence electrons. The van der Waals surface area contributed by atoms with Crippen LogP contribution in [0.15, 0.2) is 30.3 Å². The highest BCUT2D eigenvalue weighted by Crippen LogP contribution is 2.35. The van der Waals surface area contributed by atoms with Crippen molar-refractivity contribution in [1.82, 2.24) is 9.80 Å². The van der Waals surface area contributed by atoms with Gasteiger partial charge < -0.3 is 14.4 Å². The number of methoxy groups -OCH3 is 1. The molecule has 0 radical (unpaired) electrons. The van der Waals surface area contributed by atoms with Gasteiger partial charge in [0, 0.05) is 24.5 Å². The number of benzene rings is 2. The van der Waals surface area contributed by atoms with Crippen molar-refractivity contribution in [1.29, 1.82) is 0 Å². The second-order valence-corrected chi connectivity index (χ2v) is 7.20. The molecule has 25 heavy (non-hydrogen) atoms. The zero-order valence-corrected chi connectivity index (χ0v) is 16.1. The SMILES string of the molecule is COc1ccc2cc(C(CCN(C)C)N3CCOCC3)ccc2c1Cl. The van der Waals surface area contributed by atoms with Crippen LogP contribution in [0.1, 0.15) is 18.0 Å². The van der Waals surface area contributed by atoms with Crippen LogP contribution in [0.25, 0.3) is 10.8 Å². The Kier molecular flexibility index (Phi) is 6.18. The van der Waals surface area contributed by atoms with E-state index in [4.69, 9.17) is 21.1 Å². The second kappa shape index (κ2) is 8.37. The Morgan fingerprint density at radius 2 is 1.96 bits per heavy atom. The van der Waals surface area contributed by atoms with Gasteiger partial charge in [0.2, 0.25) is 0 Å². The Bertz CT molecular complexity index is 714. The fourth-order valence-corrected chi connectivity index (χ4v) is 3.80. The number of hydrogen-bond donors (Lipinski definition) is 0. The second-order valence-electron chi connectivity index (χ2n) is 6.82. The minimum atomic E-state index is 0.400. The molecule has 1 aliphatic heterocycles. The maximum atomic E-state index is 6.47. The first kappa shape index (κ1) is 18.5. The predicted octanol–water partition coefficient (Wildman–Crippen LogP) is 3.83. The van der Waals surface area contributed by atoms with Crippen molar-refractivity contribution in [3.63, 3.8) is 0 Å². The molecule has 2 aromatic rings. The Hall–Kier alpha value is -1.33. The summed E-state index contributed by atoms with van der Waals surface area (Å²) in [5, 5.41) is 2.88. The molecule has 0 bridgehead atoms. The lowest BCUT2D eigenvalue weighted by Crippen LogP contribution is -2.40. The molecule has 0 aromatic heterocycles. The third-order valence-electron chi connectivity index (χ3n) is 4.88. The van der Waals surface area contributed by atoms with E-state index in [1.165, 1.54) is 5.56 Å². The van der Waals surface area contributed by atoms with E-state index in [0.717, 1.165) is 55.8 Å². The number of halogens is 1. The molecule has 1 atom stereocenters. The minimum Gasteiger partial charge on any atom is -0.495 e. The molecule has 2 aromatic carbocycles. The van der Waals surface area contributed by atoms with Gasteiger partial charge >= 0.3 is 0 Å². The summed E-state index contributed by atoms with van der Waals surface area (Å²) >= 11 is 6.47. The van der Waals surface area contributed by atoms with E-state index in [2.05, 4.69) is 48.2 Å². The standard InChI is InChI=1S/C20H27ClN2O2/c1-22(2)9-8-18(23-10-12-25-13-11-23)16-4-6-17-15(14-16)5-7-19(24-3)20(17)21/h4-7,14,18H,8-13H2,1-3H3. The molecular formula is C20H27ClN2O2. The van der Waals surface area contributed by atoms with Crippen LogP contribution in [0.5, 0.6) is 5.75 Å². The normalized spacial score (nSPS) is 17.2. The van der Waals surface area contributed by atoms with E-state index in [-0.39, 0.29) is 0 Å². The first-order valence-electron chi connectivity index (χ1n) is 8.83. The highest BCUT2D eigenvalue weighted by atomic mass is 35.5. The lowest BCUT2D eigenvalue weighted by atomic mass is 9.97. The van der Waals surface area contributed by atoms with Crippen LogP contribution in [-0.2, 0) is 4.74 Å². The molecular weight excluding hydrogens is 336 g/mol. The van der Waals surface area contributed by atoms with Gasteiger partial charge in [0.25, 0.3) is 0 Å². The average Bonchev–Trinajstić information content (AvgIpc) is 2.63.